The van der Waals surface area contributed by atoms with Crippen LogP contribution < -0.4 is 0 Å². The van der Waals surface area contributed by atoms with Crippen LogP contribution in [0.1, 0.15) is 18.1 Å². The van der Waals surface area contributed by atoms with E-state index in [1.54, 1.807) is 31.2 Å². The Morgan fingerprint density at radius 2 is 1.89 bits per heavy atom. The second-order valence-electron chi connectivity index (χ2n) is 4.56. The van der Waals surface area contributed by atoms with Crippen LogP contribution in [-0.2, 0) is 12.0 Å². The Morgan fingerprint density at radius 3 is 2.56 bits per heavy atom. The highest BCUT2D eigenvalue weighted by molar-refractivity contribution is 6.31. The smallest absolute Gasteiger partial charge is 0.123 e. The molecule has 0 aliphatic rings. The van der Waals surface area contributed by atoms with Gasteiger partial charge in [-0.05, 0) is 30.7 Å². The van der Waals surface area contributed by atoms with Gasteiger partial charge in [0.05, 0.1) is 5.60 Å². The van der Waals surface area contributed by atoms with Gasteiger partial charge < -0.3 is 5.11 Å². The molecular weight excluding hydrogens is 251 g/mol. The Balaban J connectivity index is 2.30. The van der Waals surface area contributed by atoms with Gasteiger partial charge in [0.1, 0.15) is 5.82 Å². The molecule has 2 rings (SSSR count). The molecule has 3 heteroatoms. The molecule has 1 N–H and O–H groups in total. The molecule has 2 aromatic rings. The molecule has 0 fully saturated rings. The minimum atomic E-state index is -1.12. The summed E-state index contributed by atoms with van der Waals surface area (Å²) in [5, 5.41) is 11.0. The molecular formula is C15H14ClFO. The van der Waals surface area contributed by atoms with Crippen molar-refractivity contribution in [3.05, 3.63) is 70.5 Å². The monoisotopic (exact) mass is 264 g/mol. The van der Waals surface area contributed by atoms with Crippen LogP contribution >= 0.6 is 11.6 Å². The fraction of sp³-hybridized carbons (Fsp3) is 0.200. The lowest BCUT2D eigenvalue weighted by atomic mass is 9.89. The van der Waals surface area contributed by atoms with Crippen molar-refractivity contribution in [2.24, 2.45) is 0 Å². The van der Waals surface area contributed by atoms with E-state index in [1.165, 1.54) is 12.1 Å². The van der Waals surface area contributed by atoms with E-state index in [-0.39, 0.29) is 5.82 Å². The zero-order chi connectivity index (χ0) is 13.2. The van der Waals surface area contributed by atoms with Gasteiger partial charge in [0.2, 0.25) is 0 Å². The van der Waals surface area contributed by atoms with Crippen molar-refractivity contribution in [2.45, 2.75) is 18.9 Å². The van der Waals surface area contributed by atoms with E-state index in [4.69, 9.17) is 11.6 Å². The van der Waals surface area contributed by atoms with Gasteiger partial charge in [-0.2, -0.15) is 0 Å². The Kier molecular flexibility index (Phi) is 3.69. The molecule has 0 spiro atoms. The molecule has 1 nitrogen and oxygen atoms in total. The maximum absolute atomic E-state index is 13.1. The molecule has 2 aromatic carbocycles. The van der Waals surface area contributed by atoms with Crippen LogP contribution in [0.25, 0.3) is 0 Å². The molecule has 1 atom stereocenters. The summed E-state index contributed by atoms with van der Waals surface area (Å²) in [7, 11) is 0. The fourth-order valence-electron chi connectivity index (χ4n) is 2.04. The average Bonchev–Trinajstić information content (AvgIpc) is 2.28. The second kappa shape index (κ2) is 5.09. The van der Waals surface area contributed by atoms with Gasteiger partial charge in [-0.25, -0.2) is 4.39 Å². The molecule has 0 amide bonds. The number of hydrogen-bond acceptors (Lipinski definition) is 1. The Bertz CT molecular complexity index is 552. The lowest BCUT2D eigenvalue weighted by molar-refractivity contribution is 0.0577. The average molecular weight is 265 g/mol. The van der Waals surface area contributed by atoms with Crippen LogP contribution in [0.4, 0.5) is 4.39 Å². The van der Waals surface area contributed by atoms with E-state index >= 15 is 0 Å². The van der Waals surface area contributed by atoms with E-state index < -0.39 is 5.60 Å². The van der Waals surface area contributed by atoms with Crippen molar-refractivity contribution >= 4 is 11.6 Å². The first-order valence-electron chi connectivity index (χ1n) is 5.71. The van der Waals surface area contributed by atoms with Crippen molar-refractivity contribution in [3.8, 4) is 0 Å². The number of hydrogen-bond donors (Lipinski definition) is 1. The van der Waals surface area contributed by atoms with Gasteiger partial charge in [0, 0.05) is 17.0 Å². The first-order chi connectivity index (χ1) is 8.49. The SMILES string of the molecule is CC(O)(Cc1cccc(F)c1)c1ccccc1Cl. The van der Waals surface area contributed by atoms with Crippen LogP contribution in [0.3, 0.4) is 0 Å². The molecule has 0 heterocycles. The topological polar surface area (TPSA) is 20.2 Å². The molecule has 0 radical (unpaired) electrons. The van der Waals surface area contributed by atoms with Crippen molar-refractivity contribution in [3.63, 3.8) is 0 Å². The van der Waals surface area contributed by atoms with Crippen LogP contribution in [0.15, 0.2) is 48.5 Å². The summed E-state index contributed by atoms with van der Waals surface area (Å²) in [6.45, 7) is 1.68. The minimum absolute atomic E-state index is 0.303. The summed E-state index contributed by atoms with van der Waals surface area (Å²) in [4.78, 5) is 0. The molecule has 94 valence electrons. The van der Waals surface area contributed by atoms with Crippen LogP contribution in [-0.4, -0.2) is 5.11 Å². The lowest BCUT2D eigenvalue weighted by Crippen LogP contribution is -2.24. The van der Waals surface area contributed by atoms with Gasteiger partial charge in [-0.1, -0.05) is 41.9 Å². The van der Waals surface area contributed by atoms with E-state index in [1.807, 2.05) is 12.1 Å². The number of rotatable bonds is 3. The number of halogens is 2. The summed E-state index contributed by atoms with van der Waals surface area (Å²) in [6.07, 6.45) is 0.314. The van der Waals surface area contributed by atoms with E-state index in [0.717, 1.165) is 5.56 Å². The number of benzene rings is 2. The van der Waals surface area contributed by atoms with Gasteiger partial charge in [-0.3, -0.25) is 0 Å². The predicted octanol–water partition coefficient (Wildman–Crippen LogP) is 3.93. The zero-order valence-corrected chi connectivity index (χ0v) is 10.8. The normalized spacial score (nSPS) is 14.2. The van der Waals surface area contributed by atoms with Crippen molar-refractivity contribution in [1.29, 1.82) is 0 Å². The molecule has 18 heavy (non-hydrogen) atoms. The quantitative estimate of drug-likeness (QED) is 0.891. The highest BCUT2D eigenvalue weighted by atomic mass is 35.5. The molecule has 0 aromatic heterocycles. The Hall–Kier alpha value is -1.38. The van der Waals surface area contributed by atoms with Crippen LogP contribution in [0, 0.1) is 5.82 Å². The maximum atomic E-state index is 13.1. The van der Waals surface area contributed by atoms with Crippen molar-refractivity contribution in [1.82, 2.24) is 0 Å². The highest BCUT2D eigenvalue weighted by Crippen LogP contribution is 2.30. The van der Waals surface area contributed by atoms with Crippen LogP contribution in [0.5, 0.6) is 0 Å². The highest BCUT2D eigenvalue weighted by Gasteiger charge is 2.25. The lowest BCUT2D eigenvalue weighted by Gasteiger charge is -2.25. The first kappa shape index (κ1) is 13.1. The van der Waals surface area contributed by atoms with E-state index in [0.29, 0.717) is 17.0 Å². The van der Waals surface area contributed by atoms with Crippen molar-refractivity contribution < 1.29 is 9.50 Å². The third-order valence-electron chi connectivity index (χ3n) is 2.89. The van der Waals surface area contributed by atoms with Crippen LogP contribution in [0.2, 0.25) is 5.02 Å². The van der Waals surface area contributed by atoms with Gasteiger partial charge >= 0.3 is 0 Å². The standard InChI is InChI=1S/C15H14ClFO/c1-15(18,13-7-2-3-8-14(13)16)10-11-5-4-6-12(17)9-11/h2-9,18H,10H2,1H3. The number of aliphatic hydroxyl groups is 1. The Morgan fingerprint density at radius 1 is 1.17 bits per heavy atom. The predicted molar refractivity (Wildman–Crippen MR) is 71.1 cm³/mol. The van der Waals surface area contributed by atoms with E-state index in [9.17, 15) is 9.50 Å². The molecule has 1 unspecified atom stereocenters. The molecule has 0 aliphatic heterocycles. The molecule has 0 saturated carbocycles. The summed E-state index contributed by atoms with van der Waals surface area (Å²) in [5.41, 5.74) is 0.266. The summed E-state index contributed by atoms with van der Waals surface area (Å²) in [5.74, 6) is -0.303. The minimum Gasteiger partial charge on any atom is -0.385 e. The third kappa shape index (κ3) is 2.89. The third-order valence-corrected chi connectivity index (χ3v) is 3.22. The molecule has 0 saturated heterocycles. The van der Waals surface area contributed by atoms with Gasteiger partial charge in [-0.15, -0.1) is 0 Å². The largest absolute Gasteiger partial charge is 0.385 e. The summed E-state index contributed by atoms with van der Waals surface area (Å²) < 4.78 is 13.1. The summed E-state index contributed by atoms with van der Waals surface area (Å²) >= 11 is 6.07. The van der Waals surface area contributed by atoms with Crippen molar-refractivity contribution in [2.75, 3.05) is 0 Å². The fourth-order valence-corrected chi connectivity index (χ4v) is 2.38. The molecule has 0 bridgehead atoms. The first-order valence-corrected chi connectivity index (χ1v) is 6.09. The van der Waals surface area contributed by atoms with Gasteiger partial charge in [0.15, 0.2) is 0 Å². The van der Waals surface area contributed by atoms with Gasteiger partial charge in [0.25, 0.3) is 0 Å². The second-order valence-corrected chi connectivity index (χ2v) is 4.97. The molecule has 0 aliphatic carbocycles. The maximum Gasteiger partial charge on any atom is 0.123 e. The summed E-state index contributed by atoms with van der Waals surface area (Å²) in [6, 6.07) is 13.4. The van der Waals surface area contributed by atoms with E-state index in [2.05, 4.69) is 0 Å². The zero-order valence-electron chi connectivity index (χ0n) is 10.0. The Labute approximate surface area is 111 Å².